The maximum absolute atomic E-state index is 12.5. The second-order valence-electron chi connectivity index (χ2n) is 15.3. The molecule has 0 aromatic heterocycles. The van der Waals surface area contributed by atoms with Crippen molar-refractivity contribution in [3.8, 4) is 0 Å². The summed E-state index contributed by atoms with van der Waals surface area (Å²) in [5.41, 5.74) is 0.786. The fourth-order valence-electron chi connectivity index (χ4n) is 6.94. The van der Waals surface area contributed by atoms with E-state index in [4.69, 9.17) is 18.9 Å². The quantitative estimate of drug-likeness (QED) is 0.0244. The number of carbonyl (C=O) groups excluding carboxylic acids is 2. The zero-order valence-corrected chi connectivity index (χ0v) is 39.5. The van der Waals surface area contributed by atoms with Gasteiger partial charge in [-0.2, -0.15) is 25.3 Å². The molecule has 3 fully saturated rings. The van der Waals surface area contributed by atoms with Crippen molar-refractivity contribution in [3.05, 3.63) is 24.3 Å². The molecule has 34 heteroatoms. The monoisotopic (exact) mass is 1080 g/mol. The topological polar surface area (TPSA) is 457 Å². The highest BCUT2D eigenvalue weighted by Crippen LogP contribution is 2.40. The van der Waals surface area contributed by atoms with Gasteiger partial charge in [-0.05, 0) is 37.5 Å². The van der Waals surface area contributed by atoms with Gasteiger partial charge in [-0.25, -0.2) is 17.3 Å². The predicted molar refractivity (Wildman–Crippen MR) is 230 cm³/mol. The van der Waals surface area contributed by atoms with Crippen LogP contribution < -0.4 is 16.0 Å². The number of carboxylic acids is 1. The van der Waals surface area contributed by atoms with Crippen molar-refractivity contribution >= 4 is 81.9 Å². The lowest BCUT2D eigenvalue weighted by molar-refractivity contribution is -0.337. The second-order valence-corrected chi connectivity index (χ2v) is 21.3. The molecular weight excluding hydrogens is 1030 g/mol. The van der Waals surface area contributed by atoms with Crippen LogP contribution in [0.3, 0.4) is 0 Å². The number of ether oxygens (including phenoxy) is 4. The van der Waals surface area contributed by atoms with Crippen molar-refractivity contribution in [1.29, 1.82) is 0 Å². The fourth-order valence-corrected chi connectivity index (χ4v) is 11.3. The lowest BCUT2D eigenvalue weighted by Gasteiger charge is -2.48. The lowest BCUT2D eigenvalue weighted by atomic mass is 9.95. The average molecular weight is 1080 g/mol. The van der Waals surface area contributed by atoms with Crippen LogP contribution in [-0.2, 0) is 77.1 Å². The molecule has 390 valence electrons. The number of aliphatic hydroxyl groups excluding tert-OH is 6. The predicted octanol–water partition coefficient (Wildman–Crippen LogP) is -3.45. The number of aliphatic hydroxyl groups is 6. The van der Waals surface area contributed by atoms with E-state index in [2.05, 4.69) is 28.5 Å². The van der Waals surface area contributed by atoms with Crippen molar-refractivity contribution in [2.75, 3.05) is 36.1 Å². The Bertz CT molecular complexity index is 2170. The van der Waals surface area contributed by atoms with E-state index < -0.39 is 149 Å². The first kappa shape index (κ1) is 57.9. The van der Waals surface area contributed by atoms with Crippen LogP contribution in [-0.4, -0.2) is 209 Å². The number of aliphatic carboxylic acids is 1. The molecule has 15 atom stereocenters. The minimum absolute atomic E-state index is 0.211. The van der Waals surface area contributed by atoms with Gasteiger partial charge in [-0.1, -0.05) is 34.1 Å². The molecule has 3 heterocycles. The van der Waals surface area contributed by atoms with Crippen LogP contribution in [0.5, 0.6) is 0 Å². The van der Waals surface area contributed by atoms with E-state index in [1.165, 1.54) is 6.07 Å². The van der Waals surface area contributed by atoms with Crippen molar-refractivity contribution in [2.24, 2.45) is 0 Å². The molecular formula is C34H53N3O26S5. The molecule has 29 nitrogen and oxygen atoms in total. The summed E-state index contributed by atoms with van der Waals surface area (Å²) in [4.78, 5) is 37.0. The molecule has 0 radical (unpaired) electrons. The number of benzene rings is 1. The molecule has 4 rings (SSSR count). The third kappa shape index (κ3) is 18.5. The van der Waals surface area contributed by atoms with E-state index in [9.17, 15) is 89.0 Å². The lowest BCUT2D eigenvalue weighted by Crippen LogP contribution is -2.69. The molecule has 1 aromatic rings. The molecule has 3 aliphatic rings. The maximum atomic E-state index is 12.5. The van der Waals surface area contributed by atoms with Crippen molar-refractivity contribution in [1.82, 2.24) is 5.32 Å². The number of anilines is 2. The van der Waals surface area contributed by atoms with Gasteiger partial charge in [0.15, 0.2) is 18.7 Å². The van der Waals surface area contributed by atoms with Crippen molar-refractivity contribution in [2.45, 2.75) is 130 Å². The first-order valence-corrected chi connectivity index (χ1v) is 26.6. The molecule has 2 amide bonds. The summed E-state index contributed by atoms with van der Waals surface area (Å²) < 4.78 is 133. The van der Waals surface area contributed by atoms with Crippen LogP contribution in [0.4, 0.5) is 11.4 Å². The molecule has 0 aliphatic carbocycles. The Labute approximate surface area is 396 Å². The van der Waals surface area contributed by atoms with Crippen LogP contribution in [0.2, 0.25) is 0 Å². The summed E-state index contributed by atoms with van der Waals surface area (Å²) in [6, 6.07) is 4.21. The average Bonchev–Trinajstić information content (AvgIpc) is 3.76. The highest BCUT2D eigenvalue weighted by Gasteiger charge is 2.56. The summed E-state index contributed by atoms with van der Waals surface area (Å²) in [7, 11) is -13.1. The van der Waals surface area contributed by atoms with Gasteiger partial charge in [0, 0.05) is 42.3 Å². The highest BCUT2D eigenvalue weighted by molar-refractivity contribution is 8.77. The summed E-state index contributed by atoms with van der Waals surface area (Å²) in [5, 5.41) is 82.5. The molecule has 68 heavy (non-hydrogen) atoms. The highest BCUT2D eigenvalue weighted by atomic mass is 33.1. The van der Waals surface area contributed by atoms with E-state index in [-0.39, 0.29) is 5.91 Å². The smallest absolute Gasteiger partial charge is 0.397 e. The van der Waals surface area contributed by atoms with Gasteiger partial charge in [-0.3, -0.25) is 23.2 Å². The SMILES string of the molecule is CC(=O)N[C@H]1[C@@H](OC[C@@H](O)[C@@H](O)[C@H](O)[C@@H](O)CNc2cccc(NC(=O)CCCCC3CCSS3)c2)O[C@H](COS(=O)(=O)O)[C@H](OS(=O)(=O)O)[C@@H]1O[C@@H]1O[C@H](C(=O)O)[C@@H](O)[C@H](OS(=O)(=O)O)[C@H]1O. The van der Waals surface area contributed by atoms with Crippen LogP contribution in [0.15, 0.2) is 24.3 Å². The number of nitrogens with one attached hydrogen (secondary N) is 3. The molecule has 0 saturated carbocycles. The van der Waals surface area contributed by atoms with Gasteiger partial charge < -0.3 is 70.6 Å². The summed E-state index contributed by atoms with van der Waals surface area (Å²) in [6.45, 7) is -2.27. The number of rotatable bonds is 26. The van der Waals surface area contributed by atoms with Crippen LogP contribution in [0.25, 0.3) is 0 Å². The third-order valence-electron chi connectivity index (χ3n) is 10.1. The second kappa shape index (κ2) is 25.6. The fraction of sp³-hybridized carbons (Fsp3) is 0.735. The number of unbranched alkanes of at least 4 members (excludes halogenated alkanes) is 1. The van der Waals surface area contributed by atoms with E-state index in [1.807, 2.05) is 21.6 Å². The van der Waals surface area contributed by atoms with Crippen LogP contribution in [0.1, 0.15) is 39.0 Å². The molecule has 0 bridgehead atoms. The minimum Gasteiger partial charge on any atom is -0.479 e. The Hall–Kier alpha value is -2.66. The largest absolute Gasteiger partial charge is 0.479 e. The Morgan fingerprint density at radius 3 is 2.09 bits per heavy atom. The number of hydrogen-bond acceptors (Lipinski definition) is 25. The van der Waals surface area contributed by atoms with Gasteiger partial charge in [0.1, 0.15) is 61.0 Å². The van der Waals surface area contributed by atoms with Gasteiger partial charge in [-0.15, -0.1) is 0 Å². The standard InChI is InChI=1S/C34H53N3O26S5/c1-15(38)36-23-29(60-34-27(45)30(63-68(54,55)56)26(44)31(61-34)32(46)47)28(62-67(51,52)53)21(14-58-66(48,49)50)59-33(23)57-13-20(40)25(43)24(42)19(39)12-35-16-5-4-6-17(11-16)37-22(41)8-3-2-7-18-9-10-64-65-18/h4-6,11,18-21,23-31,33-35,39-40,42-45H,2-3,7-10,12-14H2,1H3,(H,36,38)(H,37,41)(H,46,47)(H,48,49,50)(H,51,52,53)(H,54,55,56)/t18?,19-,20+,21+,23+,24+,25+,26-,27+,28-,29+,30-,31-,33-,34+/m0/s1. The van der Waals surface area contributed by atoms with E-state index in [0.717, 1.165) is 31.9 Å². The van der Waals surface area contributed by atoms with E-state index in [1.54, 1.807) is 18.2 Å². The summed E-state index contributed by atoms with van der Waals surface area (Å²) in [6.07, 6.45) is -26.9. The molecule has 1 aromatic carbocycles. The Balaban J connectivity index is 1.50. The Kier molecular flexibility index (Phi) is 21.8. The van der Waals surface area contributed by atoms with Gasteiger partial charge in [0.2, 0.25) is 11.8 Å². The van der Waals surface area contributed by atoms with Crippen molar-refractivity contribution in [3.63, 3.8) is 0 Å². The number of hydrogen-bond donors (Lipinski definition) is 13. The maximum Gasteiger partial charge on any atom is 0.397 e. The van der Waals surface area contributed by atoms with E-state index in [0.29, 0.717) is 29.5 Å². The zero-order valence-electron chi connectivity index (χ0n) is 35.4. The summed E-state index contributed by atoms with van der Waals surface area (Å²) in [5.74, 6) is -2.23. The molecule has 13 N–H and O–H groups in total. The molecule has 1 unspecified atom stereocenters. The Morgan fingerprint density at radius 2 is 1.49 bits per heavy atom. The van der Waals surface area contributed by atoms with Gasteiger partial charge >= 0.3 is 37.2 Å². The van der Waals surface area contributed by atoms with Crippen LogP contribution in [0, 0.1) is 0 Å². The Morgan fingerprint density at radius 1 is 0.838 bits per heavy atom. The minimum atomic E-state index is -5.73. The van der Waals surface area contributed by atoms with Crippen molar-refractivity contribution < 1.29 is 121 Å². The number of carboxylic acid groups (broad SMARTS) is 1. The number of amides is 2. The van der Waals surface area contributed by atoms with E-state index >= 15 is 0 Å². The third-order valence-corrected chi connectivity index (χ3v) is 14.5. The number of carbonyl (C=O) groups is 3. The first-order chi connectivity index (χ1) is 31.6. The van der Waals surface area contributed by atoms with Gasteiger partial charge in [0.05, 0.1) is 19.3 Å². The molecule has 3 saturated heterocycles. The van der Waals surface area contributed by atoms with Crippen LogP contribution >= 0.6 is 21.6 Å². The zero-order chi connectivity index (χ0) is 50.7. The molecule has 0 spiro atoms. The summed E-state index contributed by atoms with van der Waals surface area (Å²) >= 11 is 0. The molecule has 3 aliphatic heterocycles. The first-order valence-electron chi connectivity index (χ1n) is 20.1. The normalized spacial score (nSPS) is 29.9. The van der Waals surface area contributed by atoms with Gasteiger partial charge in [0.25, 0.3) is 0 Å².